The number of cyclic esters (lactones) is 1. The molecule has 2 fully saturated rings. The first kappa shape index (κ1) is 9.75. The summed E-state index contributed by atoms with van der Waals surface area (Å²) in [5.41, 5.74) is 0.667. The molecule has 1 saturated carbocycles. The van der Waals surface area contributed by atoms with Crippen LogP contribution < -0.4 is 0 Å². The zero-order valence-electron chi connectivity index (χ0n) is 8.79. The van der Waals surface area contributed by atoms with Crippen molar-refractivity contribution in [3.05, 3.63) is 12.2 Å². The van der Waals surface area contributed by atoms with Crippen LogP contribution in [0.1, 0.15) is 39.0 Å². The van der Waals surface area contributed by atoms with Gasteiger partial charge < -0.3 is 4.74 Å². The Kier molecular flexibility index (Phi) is 2.62. The molecule has 1 aliphatic carbocycles. The van der Waals surface area contributed by atoms with Gasteiger partial charge in [0.2, 0.25) is 0 Å². The molecule has 2 atom stereocenters. The van der Waals surface area contributed by atoms with Crippen molar-refractivity contribution in [3.8, 4) is 0 Å². The maximum atomic E-state index is 11.3. The fourth-order valence-corrected chi connectivity index (χ4v) is 2.65. The second kappa shape index (κ2) is 3.76. The van der Waals surface area contributed by atoms with Crippen LogP contribution in [0.25, 0.3) is 0 Å². The number of esters is 1. The average molecular weight is 194 g/mol. The van der Waals surface area contributed by atoms with E-state index in [9.17, 15) is 4.79 Å². The van der Waals surface area contributed by atoms with Gasteiger partial charge in [0, 0.05) is 11.5 Å². The van der Waals surface area contributed by atoms with E-state index in [1.165, 1.54) is 32.1 Å². The number of ether oxygens (including phenoxy) is 1. The van der Waals surface area contributed by atoms with Crippen molar-refractivity contribution in [2.75, 3.05) is 0 Å². The van der Waals surface area contributed by atoms with Gasteiger partial charge >= 0.3 is 5.97 Å². The maximum absolute atomic E-state index is 11.3. The molecule has 0 bridgehead atoms. The van der Waals surface area contributed by atoms with Crippen LogP contribution in [0.15, 0.2) is 12.2 Å². The number of hydrogen-bond donors (Lipinski definition) is 0. The minimum Gasteiger partial charge on any atom is -0.458 e. The first-order chi connectivity index (χ1) is 6.70. The minimum absolute atomic E-state index is 0.121. The molecule has 0 aromatic heterocycles. The number of hydrogen-bond acceptors (Lipinski definition) is 2. The SMILES string of the molecule is C=C1C(=O)O[C@@H](C2CCCCC2)[C@@H]1C. The third-order valence-electron chi connectivity index (χ3n) is 3.66. The molecule has 1 aliphatic heterocycles. The van der Waals surface area contributed by atoms with Crippen LogP contribution in [0.3, 0.4) is 0 Å². The predicted molar refractivity (Wildman–Crippen MR) is 54.8 cm³/mol. The van der Waals surface area contributed by atoms with Crippen molar-refractivity contribution < 1.29 is 9.53 Å². The van der Waals surface area contributed by atoms with Crippen LogP contribution in [0.2, 0.25) is 0 Å². The minimum atomic E-state index is -0.173. The van der Waals surface area contributed by atoms with E-state index >= 15 is 0 Å². The van der Waals surface area contributed by atoms with Crippen LogP contribution in [0, 0.1) is 11.8 Å². The van der Waals surface area contributed by atoms with Crippen LogP contribution in [0.5, 0.6) is 0 Å². The lowest BCUT2D eigenvalue weighted by Gasteiger charge is -2.28. The monoisotopic (exact) mass is 194 g/mol. The molecular weight excluding hydrogens is 176 g/mol. The smallest absolute Gasteiger partial charge is 0.334 e. The summed E-state index contributed by atoms with van der Waals surface area (Å²) in [6.45, 7) is 5.85. The lowest BCUT2D eigenvalue weighted by atomic mass is 9.80. The molecule has 1 heterocycles. The van der Waals surface area contributed by atoms with Crippen molar-refractivity contribution >= 4 is 5.97 Å². The second-order valence-electron chi connectivity index (χ2n) is 4.58. The van der Waals surface area contributed by atoms with Gasteiger partial charge in [-0.15, -0.1) is 0 Å². The predicted octanol–water partition coefficient (Wildman–Crippen LogP) is 2.68. The number of carbonyl (C=O) groups is 1. The third kappa shape index (κ3) is 1.58. The number of carbonyl (C=O) groups excluding carboxylic acids is 1. The molecule has 14 heavy (non-hydrogen) atoms. The highest BCUT2D eigenvalue weighted by Gasteiger charge is 2.40. The Hall–Kier alpha value is -0.790. The van der Waals surface area contributed by atoms with Crippen molar-refractivity contribution in [3.63, 3.8) is 0 Å². The first-order valence-electron chi connectivity index (χ1n) is 5.60. The van der Waals surface area contributed by atoms with E-state index in [1.807, 2.05) is 0 Å². The molecule has 0 spiro atoms. The third-order valence-corrected chi connectivity index (χ3v) is 3.66. The van der Waals surface area contributed by atoms with E-state index in [2.05, 4.69) is 13.5 Å². The van der Waals surface area contributed by atoms with Crippen LogP contribution in [-0.2, 0) is 9.53 Å². The molecule has 1 saturated heterocycles. The topological polar surface area (TPSA) is 26.3 Å². The quantitative estimate of drug-likeness (QED) is 0.474. The standard InChI is InChI=1S/C12H18O2/c1-8-9(2)12(13)14-11(8)10-6-4-3-5-7-10/h8,10-11H,2-7H2,1H3/t8-,11-/m1/s1. The van der Waals surface area contributed by atoms with E-state index in [0.717, 1.165) is 0 Å². The molecule has 0 aromatic rings. The van der Waals surface area contributed by atoms with Gasteiger partial charge in [0.1, 0.15) is 6.10 Å². The zero-order valence-corrected chi connectivity index (χ0v) is 8.79. The maximum Gasteiger partial charge on any atom is 0.334 e. The Morgan fingerprint density at radius 1 is 1.29 bits per heavy atom. The fraction of sp³-hybridized carbons (Fsp3) is 0.750. The molecule has 0 amide bonds. The Bertz CT molecular complexity index is 251. The highest BCUT2D eigenvalue weighted by Crippen LogP contribution is 2.37. The van der Waals surface area contributed by atoms with Crippen molar-refractivity contribution in [1.82, 2.24) is 0 Å². The molecule has 2 nitrogen and oxygen atoms in total. The summed E-state index contributed by atoms with van der Waals surface area (Å²) in [5.74, 6) is 0.639. The van der Waals surface area contributed by atoms with Gasteiger partial charge in [-0.3, -0.25) is 0 Å². The molecule has 78 valence electrons. The normalized spacial score (nSPS) is 34.6. The highest BCUT2D eigenvalue weighted by atomic mass is 16.6. The molecule has 0 aromatic carbocycles. The summed E-state index contributed by atoms with van der Waals surface area (Å²) in [5, 5.41) is 0. The Balaban J connectivity index is 2.04. The molecule has 2 rings (SSSR count). The van der Waals surface area contributed by atoms with Gasteiger partial charge in [-0.2, -0.15) is 0 Å². The molecule has 0 N–H and O–H groups in total. The van der Waals surface area contributed by atoms with Crippen molar-refractivity contribution in [1.29, 1.82) is 0 Å². The van der Waals surface area contributed by atoms with Crippen molar-refractivity contribution in [2.24, 2.45) is 11.8 Å². The lowest BCUT2D eigenvalue weighted by molar-refractivity contribution is -0.141. The molecule has 0 radical (unpaired) electrons. The van der Waals surface area contributed by atoms with Gasteiger partial charge in [-0.1, -0.05) is 32.8 Å². The summed E-state index contributed by atoms with van der Waals surface area (Å²) in [6, 6.07) is 0. The molecular formula is C12H18O2. The van der Waals surface area contributed by atoms with Gasteiger partial charge in [0.15, 0.2) is 0 Å². The van der Waals surface area contributed by atoms with Crippen LogP contribution in [0.4, 0.5) is 0 Å². The van der Waals surface area contributed by atoms with E-state index in [-0.39, 0.29) is 18.0 Å². The summed E-state index contributed by atoms with van der Waals surface area (Å²) in [4.78, 5) is 11.3. The van der Waals surface area contributed by atoms with E-state index < -0.39 is 0 Å². The Morgan fingerprint density at radius 3 is 2.43 bits per heavy atom. The molecule has 2 heteroatoms. The van der Waals surface area contributed by atoms with Gasteiger partial charge in [0.25, 0.3) is 0 Å². The highest BCUT2D eigenvalue weighted by molar-refractivity contribution is 5.90. The number of rotatable bonds is 1. The first-order valence-corrected chi connectivity index (χ1v) is 5.60. The largest absolute Gasteiger partial charge is 0.458 e. The van der Waals surface area contributed by atoms with E-state index in [4.69, 9.17) is 4.74 Å². The van der Waals surface area contributed by atoms with E-state index in [0.29, 0.717) is 11.5 Å². The molecule has 0 unspecified atom stereocenters. The van der Waals surface area contributed by atoms with Gasteiger partial charge in [-0.25, -0.2) is 4.79 Å². The van der Waals surface area contributed by atoms with Crippen LogP contribution in [-0.4, -0.2) is 12.1 Å². The summed E-state index contributed by atoms with van der Waals surface area (Å²) >= 11 is 0. The van der Waals surface area contributed by atoms with Crippen LogP contribution >= 0.6 is 0 Å². The lowest BCUT2D eigenvalue weighted by Crippen LogP contribution is -2.27. The molecule has 2 aliphatic rings. The summed E-state index contributed by atoms with van der Waals surface area (Å²) in [6.07, 6.45) is 6.48. The second-order valence-corrected chi connectivity index (χ2v) is 4.58. The van der Waals surface area contributed by atoms with Gasteiger partial charge in [0.05, 0.1) is 0 Å². The fourth-order valence-electron chi connectivity index (χ4n) is 2.65. The Morgan fingerprint density at radius 2 is 1.93 bits per heavy atom. The van der Waals surface area contributed by atoms with Gasteiger partial charge in [-0.05, 0) is 18.8 Å². The summed E-state index contributed by atoms with van der Waals surface area (Å²) in [7, 11) is 0. The van der Waals surface area contributed by atoms with Crippen molar-refractivity contribution in [2.45, 2.75) is 45.1 Å². The zero-order chi connectivity index (χ0) is 10.1. The van der Waals surface area contributed by atoms with E-state index in [1.54, 1.807) is 0 Å². The Labute approximate surface area is 85.3 Å². The average Bonchev–Trinajstić information content (AvgIpc) is 2.47. The summed E-state index contributed by atoms with van der Waals surface area (Å²) < 4.78 is 5.39.